The molecule has 1 saturated heterocycles. The minimum Gasteiger partial charge on any atom is -0.378 e. The summed E-state index contributed by atoms with van der Waals surface area (Å²) in [6.45, 7) is 6.03. The maximum atomic E-state index is 12.6. The van der Waals surface area contributed by atoms with Crippen molar-refractivity contribution in [2.75, 3.05) is 51.8 Å². The van der Waals surface area contributed by atoms with Crippen LogP contribution in [0.4, 0.5) is 5.69 Å². The van der Waals surface area contributed by atoms with E-state index in [-0.39, 0.29) is 11.9 Å². The highest BCUT2D eigenvalue weighted by Gasteiger charge is 2.17. The summed E-state index contributed by atoms with van der Waals surface area (Å²) in [5.41, 5.74) is 4.37. The quantitative estimate of drug-likeness (QED) is 0.800. The van der Waals surface area contributed by atoms with Gasteiger partial charge < -0.3 is 19.9 Å². The molecule has 0 saturated carbocycles. The van der Waals surface area contributed by atoms with Crippen LogP contribution in [0, 0.1) is 0 Å². The number of ether oxygens (including phenoxy) is 1. The Bertz CT molecular complexity index is 750. The van der Waals surface area contributed by atoms with Crippen LogP contribution in [-0.4, -0.2) is 57.8 Å². The van der Waals surface area contributed by atoms with Gasteiger partial charge in [-0.25, -0.2) is 0 Å². The second kappa shape index (κ2) is 9.71. The summed E-state index contributed by atoms with van der Waals surface area (Å²) in [5.74, 6) is -0.0365. The van der Waals surface area contributed by atoms with Gasteiger partial charge in [0.25, 0.3) is 5.91 Å². The zero-order valence-corrected chi connectivity index (χ0v) is 17.1. The number of likely N-dealkylation sites (N-methyl/N-ethyl adjacent to an activating group) is 1. The number of nitrogens with zero attached hydrogens (tertiary/aromatic N) is 2. The molecular weight excluding hydrogens is 350 g/mol. The highest BCUT2D eigenvalue weighted by atomic mass is 16.5. The van der Waals surface area contributed by atoms with Crippen LogP contribution < -0.4 is 10.2 Å². The van der Waals surface area contributed by atoms with Gasteiger partial charge in [-0.15, -0.1) is 0 Å². The lowest BCUT2D eigenvalue weighted by molar-refractivity contribution is 0.0942. The third kappa shape index (κ3) is 5.12. The van der Waals surface area contributed by atoms with E-state index in [4.69, 9.17) is 4.74 Å². The first-order valence-corrected chi connectivity index (χ1v) is 10.0. The molecule has 1 N–H and O–H groups in total. The summed E-state index contributed by atoms with van der Waals surface area (Å²) in [6.07, 6.45) is 1.03. The number of carbonyl (C=O) groups excluding carboxylic acids is 1. The van der Waals surface area contributed by atoms with Crippen molar-refractivity contribution in [2.24, 2.45) is 0 Å². The summed E-state index contributed by atoms with van der Waals surface area (Å²) >= 11 is 0. The summed E-state index contributed by atoms with van der Waals surface area (Å²) in [4.78, 5) is 17.1. The van der Waals surface area contributed by atoms with Crippen molar-refractivity contribution < 1.29 is 9.53 Å². The van der Waals surface area contributed by atoms with Gasteiger partial charge in [-0.2, -0.15) is 0 Å². The SMILES string of the molecule is CCc1ccc(C(CNC(=O)c2ccc(N3CCOCC3)cc2)N(C)C)cc1. The van der Waals surface area contributed by atoms with Gasteiger partial charge in [0.15, 0.2) is 0 Å². The van der Waals surface area contributed by atoms with Crippen molar-refractivity contribution in [1.29, 1.82) is 0 Å². The van der Waals surface area contributed by atoms with Gasteiger partial charge in [0, 0.05) is 30.9 Å². The molecule has 1 fully saturated rings. The van der Waals surface area contributed by atoms with Crippen LogP contribution in [-0.2, 0) is 11.2 Å². The summed E-state index contributed by atoms with van der Waals surface area (Å²) in [6, 6.07) is 16.6. The van der Waals surface area contributed by atoms with Crippen LogP contribution in [0.5, 0.6) is 0 Å². The number of benzene rings is 2. The van der Waals surface area contributed by atoms with Gasteiger partial charge in [0.05, 0.1) is 19.3 Å². The zero-order valence-electron chi connectivity index (χ0n) is 17.1. The molecule has 1 aliphatic rings. The molecule has 0 aromatic heterocycles. The molecule has 0 spiro atoms. The van der Waals surface area contributed by atoms with Crippen molar-refractivity contribution in [3.63, 3.8) is 0 Å². The fraction of sp³-hybridized carbons (Fsp3) is 0.435. The molecule has 2 aromatic carbocycles. The Kier molecular flexibility index (Phi) is 7.06. The third-order valence-corrected chi connectivity index (χ3v) is 5.36. The molecule has 1 amide bonds. The largest absolute Gasteiger partial charge is 0.378 e. The van der Waals surface area contributed by atoms with E-state index in [9.17, 15) is 4.79 Å². The van der Waals surface area contributed by atoms with E-state index in [2.05, 4.69) is 46.3 Å². The molecule has 1 heterocycles. The van der Waals surface area contributed by atoms with E-state index >= 15 is 0 Å². The van der Waals surface area contributed by atoms with Crippen LogP contribution in [0.3, 0.4) is 0 Å². The predicted octanol–water partition coefficient (Wildman–Crippen LogP) is 3.12. The van der Waals surface area contributed by atoms with Crippen LogP contribution in [0.15, 0.2) is 48.5 Å². The molecule has 0 aliphatic carbocycles. The second-order valence-electron chi connectivity index (χ2n) is 7.43. The Morgan fingerprint density at radius 2 is 1.71 bits per heavy atom. The van der Waals surface area contributed by atoms with Crippen molar-refractivity contribution in [2.45, 2.75) is 19.4 Å². The van der Waals surface area contributed by atoms with Gasteiger partial charge in [-0.1, -0.05) is 31.2 Å². The molecule has 1 aliphatic heterocycles. The van der Waals surface area contributed by atoms with Crippen LogP contribution >= 0.6 is 0 Å². The maximum absolute atomic E-state index is 12.6. The molecule has 3 rings (SSSR count). The molecule has 1 unspecified atom stereocenters. The van der Waals surface area contributed by atoms with Crippen molar-refractivity contribution in [3.8, 4) is 0 Å². The predicted molar refractivity (Wildman–Crippen MR) is 114 cm³/mol. The highest BCUT2D eigenvalue weighted by Crippen LogP contribution is 2.19. The first kappa shape index (κ1) is 20.4. The number of amides is 1. The first-order chi connectivity index (χ1) is 13.6. The molecule has 150 valence electrons. The second-order valence-corrected chi connectivity index (χ2v) is 7.43. The normalized spacial score (nSPS) is 15.5. The molecule has 1 atom stereocenters. The molecule has 5 heteroatoms. The van der Waals surface area contributed by atoms with Gasteiger partial charge in [0.1, 0.15) is 0 Å². The van der Waals surface area contributed by atoms with Crippen molar-refractivity contribution in [1.82, 2.24) is 10.2 Å². The number of rotatable bonds is 7. The Morgan fingerprint density at radius 3 is 2.29 bits per heavy atom. The minimum atomic E-state index is -0.0365. The number of carbonyl (C=O) groups is 1. The number of aryl methyl sites for hydroxylation is 1. The first-order valence-electron chi connectivity index (χ1n) is 10.0. The summed E-state index contributed by atoms with van der Waals surface area (Å²) in [7, 11) is 4.09. The lowest BCUT2D eigenvalue weighted by atomic mass is 10.0. The van der Waals surface area contributed by atoms with E-state index in [1.807, 2.05) is 38.4 Å². The van der Waals surface area contributed by atoms with E-state index < -0.39 is 0 Å². The molecular formula is C23H31N3O2. The van der Waals surface area contributed by atoms with Gasteiger partial charge in [-0.3, -0.25) is 4.79 Å². The monoisotopic (exact) mass is 381 g/mol. The minimum absolute atomic E-state index is 0.0365. The lowest BCUT2D eigenvalue weighted by Gasteiger charge is -2.29. The Morgan fingerprint density at radius 1 is 1.07 bits per heavy atom. The van der Waals surface area contributed by atoms with E-state index in [1.165, 1.54) is 11.1 Å². The number of nitrogens with one attached hydrogen (secondary N) is 1. The molecule has 2 aromatic rings. The third-order valence-electron chi connectivity index (χ3n) is 5.36. The molecule has 28 heavy (non-hydrogen) atoms. The maximum Gasteiger partial charge on any atom is 0.251 e. The average molecular weight is 382 g/mol. The number of anilines is 1. The number of hydrogen-bond acceptors (Lipinski definition) is 4. The molecule has 0 bridgehead atoms. The fourth-order valence-corrected chi connectivity index (χ4v) is 3.51. The van der Waals surface area contributed by atoms with E-state index in [1.54, 1.807) is 0 Å². The molecule has 0 radical (unpaired) electrons. The van der Waals surface area contributed by atoms with Gasteiger partial charge >= 0.3 is 0 Å². The van der Waals surface area contributed by atoms with Gasteiger partial charge in [0.2, 0.25) is 0 Å². The number of morpholine rings is 1. The smallest absolute Gasteiger partial charge is 0.251 e. The van der Waals surface area contributed by atoms with Crippen LogP contribution in [0.25, 0.3) is 0 Å². The van der Waals surface area contributed by atoms with Crippen molar-refractivity contribution >= 4 is 11.6 Å². The standard InChI is InChI=1S/C23H31N3O2/c1-4-18-5-7-19(8-6-18)22(25(2)3)17-24-23(27)20-9-11-21(12-10-20)26-13-15-28-16-14-26/h5-12,22H,4,13-17H2,1-3H3,(H,24,27). The summed E-state index contributed by atoms with van der Waals surface area (Å²) in [5, 5.41) is 3.09. The fourth-order valence-electron chi connectivity index (χ4n) is 3.51. The lowest BCUT2D eigenvalue weighted by Crippen LogP contribution is -2.36. The Hall–Kier alpha value is -2.37. The summed E-state index contributed by atoms with van der Waals surface area (Å²) < 4.78 is 5.40. The van der Waals surface area contributed by atoms with E-state index in [0.29, 0.717) is 12.1 Å². The van der Waals surface area contributed by atoms with Gasteiger partial charge in [-0.05, 0) is 55.9 Å². The van der Waals surface area contributed by atoms with Crippen LogP contribution in [0.1, 0.15) is 34.5 Å². The topological polar surface area (TPSA) is 44.8 Å². The molecule has 5 nitrogen and oxygen atoms in total. The highest BCUT2D eigenvalue weighted by molar-refractivity contribution is 5.94. The van der Waals surface area contributed by atoms with Crippen LogP contribution in [0.2, 0.25) is 0 Å². The Balaban J connectivity index is 1.60. The average Bonchev–Trinajstić information content (AvgIpc) is 2.74. The Labute approximate surface area is 168 Å². The van der Waals surface area contributed by atoms with Crippen molar-refractivity contribution in [3.05, 3.63) is 65.2 Å². The zero-order chi connectivity index (χ0) is 19.9. The van der Waals surface area contributed by atoms with E-state index in [0.717, 1.165) is 38.4 Å². The number of hydrogen-bond donors (Lipinski definition) is 1.